The molecule has 0 aliphatic heterocycles. The van der Waals surface area contributed by atoms with Crippen LogP contribution in [0, 0.1) is 3.91 Å². The maximum absolute atomic E-state index is 13.4. The predicted octanol–water partition coefficient (Wildman–Crippen LogP) is 3.37. The Morgan fingerprint density at radius 1 is 0.667 bits per heavy atom. The van der Waals surface area contributed by atoms with E-state index < -0.39 is 33.4 Å². The molecule has 0 bridgehead atoms. The van der Waals surface area contributed by atoms with Crippen LogP contribution in [0.5, 0.6) is 0 Å². The van der Waals surface area contributed by atoms with Crippen LogP contribution in [-0.2, 0) is 29.5 Å². The molecule has 0 radical (unpaired) electrons. The molecule has 0 aromatic heterocycles. The SMILES string of the molecule is CC(C)c1cc(C(C)C)c(S(=O)(=O)[C-](S(C)(=O)=O)S(C)(=O)=O)c(C(C)C)c1. The van der Waals surface area contributed by atoms with Crippen molar-refractivity contribution in [2.45, 2.75) is 64.2 Å². The lowest BCUT2D eigenvalue weighted by molar-refractivity contribution is 0.584. The second kappa shape index (κ2) is 7.83. The maximum atomic E-state index is 13.4. The zero-order valence-corrected chi connectivity index (χ0v) is 19.5. The molecule has 0 spiro atoms. The van der Waals surface area contributed by atoms with E-state index in [0.717, 1.165) is 5.56 Å². The summed E-state index contributed by atoms with van der Waals surface area (Å²) < 4.78 is 73.8. The standard InChI is InChI=1S/C18H29O6S3/c1-11(2)14-9-15(12(3)4)17(16(10-14)13(5)6)27(23,24)18(25(7,19)20)26(8,21)22/h9-13H,1-8H3/q-1. The van der Waals surface area contributed by atoms with Gasteiger partial charge in [-0.2, -0.15) is 0 Å². The lowest BCUT2D eigenvalue weighted by Crippen LogP contribution is -2.30. The van der Waals surface area contributed by atoms with E-state index in [1.165, 1.54) is 0 Å². The van der Waals surface area contributed by atoms with E-state index in [2.05, 4.69) is 0 Å². The van der Waals surface area contributed by atoms with Crippen molar-refractivity contribution >= 4 is 29.5 Å². The van der Waals surface area contributed by atoms with Gasteiger partial charge in [-0.05, 0) is 34.4 Å². The van der Waals surface area contributed by atoms with E-state index in [4.69, 9.17) is 0 Å². The molecule has 6 nitrogen and oxygen atoms in total. The second-order valence-corrected chi connectivity index (χ2v) is 14.3. The van der Waals surface area contributed by atoms with Crippen LogP contribution in [-0.4, -0.2) is 37.8 Å². The minimum atomic E-state index is -4.77. The first kappa shape index (κ1) is 24.1. The average Bonchev–Trinajstić information content (AvgIpc) is 2.41. The van der Waals surface area contributed by atoms with Crippen LogP contribution >= 0.6 is 0 Å². The molecule has 0 heterocycles. The molecule has 27 heavy (non-hydrogen) atoms. The lowest BCUT2D eigenvalue weighted by Gasteiger charge is -2.31. The maximum Gasteiger partial charge on any atom is 0.0830 e. The monoisotopic (exact) mass is 437 g/mol. The highest BCUT2D eigenvalue weighted by atomic mass is 32.3. The fourth-order valence-electron chi connectivity index (χ4n) is 2.96. The van der Waals surface area contributed by atoms with E-state index in [0.29, 0.717) is 23.6 Å². The molecular weight excluding hydrogens is 408 g/mol. The van der Waals surface area contributed by atoms with Crippen molar-refractivity contribution in [2.75, 3.05) is 12.5 Å². The molecule has 1 aromatic carbocycles. The second-order valence-electron chi connectivity index (χ2n) is 7.79. The van der Waals surface area contributed by atoms with E-state index >= 15 is 0 Å². The Kier molecular flexibility index (Phi) is 6.99. The molecule has 0 aliphatic rings. The molecule has 0 N–H and O–H groups in total. The summed E-state index contributed by atoms with van der Waals surface area (Å²) in [6, 6.07) is 3.46. The molecule has 1 rings (SSSR count). The van der Waals surface area contributed by atoms with Gasteiger partial charge in [0.15, 0.2) is 0 Å². The van der Waals surface area contributed by atoms with E-state index in [9.17, 15) is 25.3 Å². The highest BCUT2D eigenvalue weighted by Gasteiger charge is 2.35. The minimum absolute atomic E-state index is 0.130. The van der Waals surface area contributed by atoms with E-state index in [1.54, 1.807) is 39.8 Å². The van der Waals surface area contributed by atoms with Gasteiger partial charge in [-0.1, -0.05) is 53.7 Å². The molecule has 9 heteroatoms. The van der Waals surface area contributed by atoms with Gasteiger partial charge in [0.2, 0.25) is 0 Å². The fraction of sp³-hybridized carbons (Fsp3) is 0.611. The van der Waals surface area contributed by atoms with Crippen LogP contribution in [0.1, 0.15) is 76.0 Å². The third-order valence-corrected chi connectivity index (χ3v) is 11.8. The Balaban J connectivity index is 4.14. The van der Waals surface area contributed by atoms with Crippen LogP contribution in [0.2, 0.25) is 0 Å². The van der Waals surface area contributed by atoms with Gasteiger partial charge in [-0.3, -0.25) is 25.3 Å². The summed E-state index contributed by atoms with van der Waals surface area (Å²) in [7, 11) is -13.8. The van der Waals surface area contributed by atoms with Crippen LogP contribution in [0.3, 0.4) is 0 Å². The Morgan fingerprint density at radius 2 is 1.00 bits per heavy atom. The van der Waals surface area contributed by atoms with Gasteiger partial charge in [0.05, 0.1) is 29.5 Å². The van der Waals surface area contributed by atoms with Crippen molar-refractivity contribution in [3.63, 3.8) is 0 Å². The number of hydrogen-bond acceptors (Lipinski definition) is 6. The van der Waals surface area contributed by atoms with Gasteiger partial charge in [0, 0.05) is 21.3 Å². The Morgan fingerprint density at radius 3 is 1.22 bits per heavy atom. The summed E-state index contributed by atoms with van der Waals surface area (Å²) >= 11 is 0. The lowest BCUT2D eigenvalue weighted by atomic mass is 9.89. The summed E-state index contributed by atoms with van der Waals surface area (Å²) in [5.74, 6) is -0.359. The molecule has 0 amide bonds. The first-order chi connectivity index (χ1) is 11.9. The average molecular weight is 438 g/mol. The normalized spacial score (nSPS) is 13.9. The van der Waals surface area contributed by atoms with Crippen molar-refractivity contribution in [3.05, 3.63) is 32.7 Å². The molecule has 156 valence electrons. The van der Waals surface area contributed by atoms with E-state index in [1.807, 2.05) is 13.8 Å². The van der Waals surface area contributed by atoms with Gasteiger partial charge in [0.1, 0.15) is 0 Å². The number of benzene rings is 1. The Hall–Kier alpha value is -0.930. The molecule has 0 atom stereocenters. The van der Waals surface area contributed by atoms with Crippen molar-refractivity contribution in [1.82, 2.24) is 0 Å². The quantitative estimate of drug-likeness (QED) is 0.606. The van der Waals surface area contributed by atoms with Gasteiger partial charge in [0.25, 0.3) is 0 Å². The molecule has 0 saturated carbocycles. The zero-order valence-electron chi connectivity index (χ0n) is 17.1. The Labute approximate surface area is 164 Å². The smallest absolute Gasteiger partial charge is 0.0830 e. The summed E-state index contributed by atoms with van der Waals surface area (Å²) in [6.45, 7) is 11.1. The van der Waals surface area contributed by atoms with Gasteiger partial charge >= 0.3 is 0 Å². The number of rotatable bonds is 7. The van der Waals surface area contributed by atoms with Gasteiger partial charge in [-0.15, -0.1) is 0 Å². The molecular formula is C18H29O6S3-. The van der Waals surface area contributed by atoms with Crippen molar-refractivity contribution in [3.8, 4) is 0 Å². The third kappa shape index (κ3) is 5.12. The third-order valence-electron chi connectivity index (χ3n) is 4.17. The fourth-order valence-corrected chi connectivity index (χ4v) is 10.2. The van der Waals surface area contributed by atoms with Crippen LogP contribution in [0.15, 0.2) is 17.0 Å². The molecule has 0 fully saturated rings. The first-order valence-electron chi connectivity index (χ1n) is 8.62. The predicted molar refractivity (Wildman–Crippen MR) is 109 cm³/mol. The summed E-state index contributed by atoms with van der Waals surface area (Å²) in [4.78, 5) is -0.206. The summed E-state index contributed by atoms with van der Waals surface area (Å²) in [5, 5.41) is 0. The zero-order chi connectivity index (χ0) is 21.5. The minimum Gasteiger partial charge on any atom is -0.260 e. The van der Waals surface area contributed by atoms with Crippen LogP contribution < -0.4 is 0 Å². The van der Waals surface area contributed by atoms with Gasteiger partial charge in [-0.25, -0.2) is 0 Å². The topological polar surface area (TPSA) is 102 Å². The largest absolute Gasteiger partial charge is 0.260 e. The molecule has 0 saturated heterocycles. The van der Waals surface area contributed by atoms with Crippen LogP contribution in [0.4, 0.5) is 0 Å². The van der Waals surface area contributed by atoms with E-state index in [-0.39, 0.29) is 22.6 Å². The number of hydrogen-bond donors (Lipinski definition) is 0. The highest BCUT2D eigenvalue weighted by Crippen LogP contribution is 2.40. The van der Waals surface area contributed by atoms with Crippen molar-refractivity contribution < 1.29 is 25.3 Å². The summed E-state index contributed by atoms with van der Waals surface area (Å²) in [6.07, 6.45) is 1.21. The Bertz CT molecular complexity index is 954. The van der Waals surface area contributed by atoms with Crippen LogP contribution in [0.25, 0.3) is 0 Å². The van der Waals surface area contributed by atoms with Gasteiger partial charge < -0.3 is 0 Å². The molecule has 0 aliphatic carbocycles. The highest BCUT2D eigenvalue weighted by molar-refractivity contribution is 8.28. The number of sulfone groups is 3. The first-order valence-corrected chi connectivity index (χ1v) is 13.9. The van der Waals surface area contributed by atoms with Crippen molar-refractivity contribution in [2.24, 2.45) is 0 Å². The molecule has 0 unspecified atom stereocenters. The molecule has 1 aromatic rings. The van der Waals surface area contributed by atoms with Crippen molar-refractivity contribution in [1.29, 1.82) is 0 Å². The summed E-state index contributed by atoms with van der Waals surface area (Å²) in [5.41, 5.74) is 1.77.